The molecular formula is C10H14Cl2N4. The van der Waals surface area contributed by atoms with Crippen molar-refractivity contribution < 1.29 is 0 Å². The Bertz CT molecular complexity index is 348. The molecule has 0 aromatic carbocycles. The fourth-order valence-corrected chi connectivity index (χ4v) is 2.15. The molecule has 0 atom stereocenters. The second-order valence-corrected chi connectivity index (χ2v) is 4.69. The predicted octanol–water partition coefficient (Wildman–Crippen LogP) is 2.80. The van der Waals surface area contributed by atoms with Gasteiger partial charge in [0, 0.05) is 13.1 Å². The van der Waals surface area contributed by atoms with Crippen LogP contribution in [0.15, 0.2) is 0 Å². The Morgan fingerprint density at radius 3 is 2.25 bits per heavy atom. The van der Waals surface area contributed by atoms with Crippen molar-refractivity contribution in [2.45, 2.75) is 26.2 Å². The van der Waals surface area contributed by atoms with E-state index < -0.39 is 0 Å². The molecule has 0 saturated heterocycles. The molecule has 0 unspecified atom stereocenters. The Labute approximate surface area is 105 Å². The van der Waals surface area contributed by atoms with Gasteiger partial charge in [0.2, 0.25) is 16.5 Å². The highest BCUT2D eigenvalue weighted by Gasteiger charge is 2.21. The zero-order valence-electron chi connectivity index (χ0n) is 9.16. The van der Waals surface area contributed by atoms with E-state index in [1.54, 1.807) is 0 Å². The van der Waals surface area contributed by atoms with E-state index >= 15 is 0 Å². The standard InChI is InChI=1S/C10H14Cl2N4/c1-2-16(6-7-4-3-5-7)10-14-8(11)13-9(12)15-10/h7H,2-6H2,1H3. The lowest BCUT2D eigenvalue weighted by Crippen LogP contribution is -2.33. The largest absolute Gasteiger partial charge is 0.341 e. The molecule has 0 radical (unpaired) electrons. The Balaban J connectivity index is 2.11. The molecule has 1 aliphatic rings. The number of rotatable bonds is 4. The molecular weight excluding hydrogens is 247 g/mol. The van der Waals surface area contributed by atoms with Crippen molar-refractivity contribution in [3.05, 3.63) is 10.6 Å². The number of halogens is 2. The van der Waals surface area contributed by atoms with Crippen LogP contribution < -0.4 is 4.90 Å². The number of anilines is 1. The molecule has 1 aromatic heterocycles. The normalized spacial score (nSPS) is 15.9. The summed E-state index contributed by atoms with van der Waals surface area (Å²) >= 11 is 11.5. The summed E-state index contributed by atoms with van der Waals surface area (Å²) in [5, 5.41) is 0.309. The van der Waals surface area contributed by atoms with Gasteiger partial charge in [-0.25, -0.2) is 0 Å². The fourth-order valence-electron chi connectivity index (χ4n) is 1.80. The van der Waals surface area contributed by atoms with Crippen molar-refractivity contribution >= 4 is 29.2 Å². The first-order chi connectivity index (χ1) is 7.69. The van der Waals surface area contributed by atoms with Crippen LogP contribution in [0.25, 0.3) is 0 Å². The van der Waals surface area contributed by atoms with Crippen molar-refractivity contribution in [3.63, 3.8) is 0 Å². The van der Waals surface area contributed by atoms with E-state index in [9.17, 15) is 0 Å². The molecule has 1 aliphatic carbocycles. The van der Waals surface area contributed by atoms with Gasteiger partial charge in [-0.1, -0.05) is 6.42 Å². The summed E-state index contributed by atoms with van der Waals surface area (Å²) in [7, 11) is 0. The van der Waals surface area contributed by atoms with Crippen LogP contribution in [0.5, 0.6) is 0 Å². The molecule has 2 rings (SSSR count). The summed E-state index contributed by atoms with van der Waals surface area (Å²) in [4.78, 5) is 14.0. The summed E-state index contributed by atoms with van der Waals surface area (Å²) in [5.74, 6) is 1.34. The first-order valence-corrected chi connectivity index (χ1v) is 6.26. The van der Waals surface area contributed by atoms with Crippen molar-refractivity contribution in [2.24, 2.45) is 5.92 Å². The summed E-state index contributed by atoms with van der Waals surface area (Å²) < 4.78 is 0. The number of hydrogen-bond acceptors (Lipinski definition) is 4. The van der Waals surface area contributed by atoms with Crippen LogP contribution >= 0.6 is 23.2 Å². The smallest absolute Gasteiger partial charge is 0.230 e. The zero-order valence-corrected chi connectivity index (χ0v) is 10.7. The highest BCUT2D eigenvalue weighted by Crippen LogP contribution is 2.28. The van der Waals surface area contributed by atoms with Crippen molar-refractivity contribution in [1.82, 2.24) is 15.0 Å². The topological polar surface area (TPSA) is 41.9 Å². The minimum Gasteiger partial charge on any atom is -0.341 e. The molecule has 6 heteroatoms. The zero-order chi connectivity index (χ0) is 11.5. The van der Waals surface area contributed by atoms with Gasteiger partial charge in [-0.3, -0.25) is 0 Å². The third-order valence-electron chi connectivity index (χ3n) is 2.94. The van der Waals surface area contributed by atoms with Gasteiger partial charge < -0.3 is 4.90 Å². The van der Waals surface area contributed by atoms with Crippen LogP contribution in [0.2, 0.25) is 10.6 Å². The molecule has 0 amide bonds. The Morgan fingerprint density at radius 2 is 1.81 bits per heavy atom. The van der Waals surface area contributed by atoms with E-state index in [4.69, 9.17) is 23.2 Å². The molecule has 1 heterocycles. The molecule has 0 bridgehead atoms. The molecule has 1 saturated carbocycles. The first-order valence-electron chi connectivity index (χ1n) is 5.51. The quantitative estimate of drug-likeness (QED) is 0.835. The molecule has 88 valence electrons. The molecule has 0 N–H and O–H groups in total. The lowest BCUT2D eigenvalue weighted by Gasteiger charge is -2.31. The van der Waals surface area contributed by atoms with Crippen LogP contribution in [0.3, 0.4) is 0 Å². The van der Waals surface area contributed by atoms with E-state index in [-0.39, 0.29) is 10.6 Å². The van der Waals surface area contributed by atoms with E-state index in [0.29, 0.717) is 5.95 Å². The minimum atomic E-state index is 0.155. The van der Waals surface area contributed by atoms with Crippen molar-refractivity contribution in [3.8, 4) is 0 Å². The van der Waals surface area contributed by atoms with E-state index in [2.05, 4.69) is 26.8 Å². The Morgan fingerprint density at radius 1 is 1.19 bits per heavy atom. The number of aromatic nitrogens is 3. The SMILES string of the molecule is CCN(CC1CCC1)c1nc(Cl)nc(Cl)n1. The monoisotopic (exact) mass is 260 g/mol. The lowest BCUT2D eigenvalue weighted by molar-refractivity contribution is 0.317. The van der Waals surface area contributed by atoms with Gasteiger partial charge in [0.25, 0.3) is 0 Å². The second kappa shape index (κ2) is 5.15. The van der Waals surface area contributed by atoms with Crippen LogP contribution in [-0.4, -0.2) is 28.0 Å². The van der Waals surface area contributed by atoms with Gasteiger partial charge in [0.15, 0.2) is 0 Å². The van der Waals surface area contributed by atoms with E-state index in [1.165, 1.54) is 19.3 Å². The molecule has 4 nitrogen and oxygen atoms in total. The summed E-state index contributed by atoms with van der Waals surface area (Å²) in [5.41, 5.74) is 0. The highest BCUT2D eigenvalue weighted by molar-refractivity contribution is 6.31. The van der Waals surface area contributed by atoms with Crippen LogP contribution in [0.4, 0.5) is 5.95 Å². The van der Waals surface area contributed by atoms with Gasteiger partial charge in [0.1, 0.15) is 0 Å². The summed E-state index contributed by atoms with van der Waals surface area (Å²) in [6.07, 6.45) is 3.92. The molecule has 0 spiro atoms. The lowest BCUT2D eigenvalue weighted by atomic mass is 9.85. The van der Waals surface area contributed by atoms with Gasteiger partial charge >= 0.3 is 0 Å². The Kier molecular flexibility index (Phi) is 3.82. The van der Waals surface area contributed by atoms with Crippen LogP contribution in [0, 0.1) is 5.92 Å². The average molecular weight is 261 g/mol. The number of nitrogens with zero attached hydrogens (tertiary/aromatic N) is 4. The van der Waals surface area contributed by atoms with Gasteiger partial charge in [-0.15, -0.1) is 0 Å². The maximum atomic E-state index is 5.76. The Hall–Kier alpha value is -0.610. The van der Waals surface area contributed by atoms with Crippen molar-refractivity contribution in [1.29, 1.82) is 0 Å². The van der Waals surface area contributed by atoms with E-state index in [0.717, 1.165) is 19.0 Å². The molecule has 0 aliphatic heterocycles. The van der Waals surface area contributed by atoms with Crippen LogP contribution in [-0.2, 0) is 0 Å². The van der Waals surface area contributed by atoms with Gasteiger partial charge in [0.05, 0.1) is 0 Å². The predicted molar refractivity (Wildman–Crippen MR) is 65.1 cm³/mol. The van der Waals surface area contributed by atoms with Crippen molar-refractivity contribution in [2.75, 3.05) is 18.0 Å². The third kappa shape index (κ3) is 2.74. The second-order valence-electron chi connectivity index (χ2n) is 4.01. The minimum absolute atomic E-state index is 0.155. The van der Waals surface area contributed by atoms with E-state index in [1.807, 2.05) is 0 Å². The number of hydrogen-bond donors (Lipinski definition) is 0. The average Bonchev–Trinajstić information content (AvgIpc) is 2.14. The summed E-state index contributed by atoms with van der Waals surface area (Å²) in [6.45, 7) is 3.91. The van der Waals surface area contributed by atoms with Crippen LogP contribution in [0.1, 0.15) is 26.2 Å². The van der Waals surface area contributed by atoms with Gasteiger partial charge in [-0.05, 0) is 48.9 Å². The molecule has 16 heavy (non-hydrogen) atoms. The molecule has 1 fully saturated rings. The molecule has 1 aromatic rings. The highest BCUT2D eigenvalue weighted by atomic mass is 35.5. The van der Waals surface area contributed by atoms with Gasteiger partial charge in [-0.2, -0.15) is 15.0 Å². The maximum Gasteiger partial charge on any atom is 0.230 e. The first kappa shape index (κ1) is 11.9. The third-order valence-corrected chi connectivity index (χ3v) is 3.27. The maximum absolute atomic E-state index is 5.76. The summed E-state index contributed by atoms with van der Waals surface area (Å²) in [6, 6.07) is 0. The fraction of sp³-hybridized carbons (Fsp3) is 0.700.